The Morgan fingerprint density at radius 1 is 1.38 bits per heavy atom. The van der Waals surface area contributed by atoms with Gasteiger partial charge in [-0.25, -0.2) is 9.59 Å². The Hall–Kier alpha value is -1.82. The monoisotopic (exact) mass is 306 g/mol. The topological polar surface area (TPSA) is 67.4 Å². The molecule has 6 heteroatoms. The van der Waals surface area contributed by atoms with Crippen LogP contribution in [0.5, 0.6) is 0 Å². The van der Waals surface area contributed by atoms with Crippen molar-refractivity contribution in [2.24, 2.45) is 0 Å². The molecule has 1 atom stereocenters. The first kappa shape index (κ1) is 14.1. The molecule has 0 saturated heterocycles. The van der Waals surface area contributed by atoms with Crippen molar-refractivity contribution in [3.8, 4) is 0 Å². The van der Waals surface area contributed by atoms with Crippen LogP contribution in [0.4, 0.5) is 4.79 Å². The Morgan fingerprint density at radius 2 is 2.14 bits per heavy atom. The van der Waals surface area contributed by atoms with Gasteiger partial charge in [0.05, 0.1) is 11.6 Å². The summed E-state index contributed by atoms with van der Waals surface area (Å²) in [6.07, 6.45) is 4.10. The van der Waals surface area contributed by atoms with Crippen LogP contribution < -0.4 is 10.6 Å². The lowest BCUT2D eigenvalue weighted by atomic mass is 10.0. The molecule has 0 radical (unpaired) electrons. The summed E-state index contributed by atoms with van der Waals surface area (Å²) < 4.78 is 5.60. The average Bonchev–Trinajstić information content (AvgIpc) is 3.10. The molecule has 21 heavy (non-hydrogen) atoms. The van der Waals surface area contributed by atoms with Crippen molar-refractivity contribution in [1.29, 1.82) is 0 Å². The van der Waals surface area contributed by atoms with E-state index in [1.54, 1.807) is 6.92 Å². The lowest BCUT2D eigenvalue weighted by Gasteiger charge is -2.27. The summed E-state index contributed by atoms with van der Waals surface area (Å²) in [5, 5.41) is 7.40. The van der Waals surface area contributed by atoms with Crippen molar-refractivity contribution in [3.63, 3.8) is 0 Å². The van der Waals surface area contributed by atoms with E-state index < -0.39 is 6.04 Å². The highest BCUT2D eigenvalue weighted by molar-refractivity contribution is 7.10. The second-order valence-electron chi connectivity index (χ2n) is 5.40. The zero-order valence-electron chi connectivity index (χ0n) is 11.8. The molecule has 0 bridgehead atoms. The first-order chi connectivity index (χ1) is 10.1. The van der Waals surface area contributed by atoms with Crippen LogP contribution in [0.3, 0.4) is 0 Å². The Balaban J connectivity index is 1.85. The van der Waals surface area contributed by atoms with Crippen LogP contribution in [0.2, 0.25) is 0 Å². The normalized spacial score (nSPS) is 22.9. The number of ether oxygens (including phenoxy) is 1. The van der Waals surface area contributed by atoms with Gasteiger partial charge < -0.3 is 15.4 Å². The zero-order chi connectivity index (χ0) is 14.8. The van der Waals surface area contributed by atoms with Crippen molar-refractivity contribution in [2.45, 2.75) is 44.8 Å². The predicted molar refractivity (Wildman–Crippen MR) is 79.8 cm³/mol. The van der Waals surface area contributed by atoms with E-state index in [0.717, 1.165) is 30.6 Å². The van der Waals surface area contributed by atoms with Crippen LogP contribution in [-0.4, -0.2) is 18.1 Å². The van der Waals surface area contributed by atoms with E-state index >= 15 is 0 Å². The fourth-order valence-corrected chi connectivity index (χ4v) is 3.64. The average molecular weight is 306 g/mol. The van der Waals surface area contributed by atoms with E-state index in [-0.39, 0.29) is 18.1 Å². The van der Waals surface area contributed by atoms with Crippen molar-refractivity contribution in [3.05, 3.63) is 33.7 Å². The number of carbonyl (C=O) groups excluding carboxylic acids is 2. The summed E-state index contributed by atoms with van der Waals surface area (Å²) in [6, 6.07) is 3.11. The van der Waals surface area contributed by atoms with Crippen molar-refractivity contribution < 1.29 is 14.3 Å². The molecule has 2 aliphatic rings. The molecule has 1 aliphatic carbocycles. The Morgan fingerprint density at radius 3 is 2.81 bits per heavy atom. The second-order valence-corrected chi connectivity index (χ2v) is 6.38. The molecule has 5 nitrogen and oxygen atoms in total. The SMILES string of the molecule is CC1=C(C(=O)OC2CCCC2)C(c2cccs2)NC(=O)N1. The minimum absolute atomic E-state index is 0.0133. The quantitative estimate of drug-likeness (QED) is 0.844. The van der Waals surface area contributed by atoms with E-state index in [1.165, 1.54) is 11.3 Å². The van der Waals surface area contributed by atoms with Crippen LogP contribution in [0.1, 0.15) is 43.5 Å². The fourth-order valence-electron chi connectivity index (χ4n) is 2.85. The molecule has 1 aromatic heterocycles. The number of hydrogen-bond acceptors (Lipinski definition) is 4. The molecule has 112 valence electrons. The molecule has 3 rings (SSSR count). The Labute approximate surface area is 127 Å². The molecule has 0 aromatic carbocycles. The molecule has 1 unspecified atom stereocenters. The van der Waals surface area contributed by atoms with Gasteiger partial charge in [-0.1, -0.05) is 6.07 Å². The molecule has 0 spiro atoms. The summed E-state index contributed by atoms with van der Waals surface area (Å²) >= 11 is 1.51. The number of hydrogen-bond donors (Lipinski definition) is 2. The summed E-state index contributed by atoms with van der Waals surface area (Å²) in [5.41, 5.74) is 1.07. The third-order valence-electron chi connectivity index (χ3n) is 3.89. The lowest BCUT2D eigenvalue weighted by molar-refractivity contribution is -0.144. The van der Waals surface area contributed by atoms with E-state index in [4.69, 9.17) is 4.74 Å². The maximum Gasteiger partial charge on any atom is 0.338 e. The number of carbonyl (C=O) groups is 2. The maximum absolute atomic E-state index is 12.5. The summed E-state index contributed by atoms with van der Waals surface area (Å²) in [5.74, 6) is -0.328. The van der Waals surface area contributed by atoms with Gasteiger partial charge in [-0.2, -0.15) is 0 Å². The number of rotatable bonds is 3. The molecule has 1 aromatic rings. The zero-order valence-corrected chi connectivity index (χ0v) is 12.7. The van der Waals surface area contributed by atoms with Gasteiger partial charge in [0, 0.05) is 10.6 Å². The Kier molecular flexibility index (Phi) is 3.96. The third-order valence-corrected chi connectivity index (χ3v) is 4.83. The van der Waals surface area contributed by atoms with E-state index in [2.05, 4.69) is 10.6 Å². The number of allylic oxidation sites excluding steroid dienone is 1. The van der Waals surface area contributed by atoms with Gasteiger partial charge in [0.15, 0.2) is 0 Å². The van der Waals surface area contributed by atoms with Gasteiger partial charge in [-0.15, -0.1) is 11.3 Å². The number of amides is 2. The fraction of sp³-hybridized carbons (Fsp3) is 0.467. The molecule has 1 saturated carbocycles. The largest absolute Gasteiger partial charge is 0.459 e. The van der Waals surface area contributed by atoms with Crippen molar-refractivity contribution >= 4 is 23.3 Å². The summed E-state index contributed by atoms with van der Waals surface area (Å²) in [6.45, 7) is 1.74. The maximum atomic E-state index is 12.5. The number of nitrogens with one attached hydrogen (secondary N) is 2. The van der Waals surface area contributed by atoms with Gasteiger partial charge >= 0.3 is 12.0 Å². The van der Waals surface area contributed by atoms with Crippen LogP contribution in [0.15, 0.2) is 28.8 Å². The van der Waals surface area contributed by atoms with Gasteiger partial charge in [-0.3, -0.25) is 0 Å². The lowest BCUT2D eigenvalue weighted by Crippen LogP contribution is -2.45. The van der Waals surface area contributed by atoms with E-state index in [1.807, 2.05) is 17.5 Å². The highest BCUT2D eigenvalue weighted by Crippen LogP contribution is 2.31. The first-order valence-corrected chi connectivity index (χ1v) is 8.06. The molecule has 2 amide bonds. The molecule has 1 aliphatic heterocycles. The van der Waals surface area contributed by atoms with Gasteiger partial charge in [-0.05, 0) is 44.1 Å². The van der Waals surface area contributed by atoms with Crippen LogP contribution >= 0.6 is 11.3 Å². The molecule has 2 N–H and O–H groups in total. The van der Waals surface area contributed by atoms with Gasteiger partial charge in [0.1, 0.15) is 6.10 Å². The molecular formula is C15H18N2O3S. The minimum Gasteiger partial charge on any atom is -0.459 e. The van der Waals surface area contributed by atoms with Crippen molar-refractivity contribution in [1.82, 2.24) is 10.6 Å². The first-order valence-electron chi connectivity index (χ1n) is 7.18. The molecule has 2 heterocycles. The standard InChI is InChI=1S/C15H18N2O3S/c1-9-12(14(18)20-10-5-2-3-6-10)13(17-15(19)16-9)11-7-4-8-21-11/h4,7-8,10,13H,2-3,5-6H2,1H3,(H2,16,17,19). The summed E-state index contributed by atoms with van der Waals surface area (Å²) in [4.78, 5) is 25.1. The number of urea groups is 1. The Bertz CT molecular complexity index is 574. The van der Waals surface area contributed by atoms with Gasteiger partial charge in [0.2, 0.25) is 0 Å². The summed E-state index contributed by atoms with van der Waals surface area (Å²) in [7, 11) is 0. The highest BCUT2D eigenvalue weighted by atomic mass is 32.1. The molecule has 1 fully saturated rings. The number of thiophene rings is 1. The molecular weight excluding hydrogens is 288 g/mol. The highest BCUT2D eigenvalue weighted by Gasteiger charge is 2.34. The minimum atomic E-state index is -0.423. The predicted octanol–water partition coefficient (Wildman–Crippen LogP) is 2.86. The van der Waals surface area contributed by atoms with Crippen LogP contribution in [-0.2, 0) is 9.53 Å². The van der Waals surface area contributed by atoms with E-state index in [0.29, 0.717) is 11.3 Å². The van der Waals surface area contributed by atoms with E-state index in [9.17, 15) is 9.59 Å². The second kappa shape index (κ2) is 5.89. The van der Waals surface area contributed by atoms with Gasteiger partial charge in [0.25, 0.3) is 0 Å². The van der Waals surface area contributed by atoms with Crippen molar-refractivity contribution in [2.75, 3.05) is 0 Å². The smallest absolute Gasteiger partial charge is 0.338 e. The van der Waals surface area contributed by atoms with Crippen LogP contribution in [0.25, 0.3) is 0 Å². The third kappa shape index (κ3) is 2.95. The number of esters is 1. The van der Waals surface area contributed by atoms with Crippen LogP contribution in [0, 0.1) is 0 Å².